The van der Waals surface area contributed by atoms with Crippen LogP contribution in [0.3, 0.4) is 0 Å². The number of hydrogen-bond donors (Lipinski definition) is 1. The van der Waals surface area contributed by atoms with Crippen molar-refractivity contribution >= 4 is 23.5 Å². The predicted molar refractivity (Wildman–Crippen MR) is 163 cm³/mol. The zero-order valence-corrected chi connectivity index (χ0v) is 25.0. The zero-order valence-electron chi connectivity index (χ0n) is 24.2. The lowest BCUT2D eigenvalue weighted by atomic mass is 10.1. The van der Waals surface area contributed by atoms with Crippen molar-refractivity contribution < 1.29 is 28.9 Å². The van der Waals surface area contributed by atoms with Crippen molar-refractivity contribution in [3.63, 3.8) is 0 Å². The third-order valence-corrected chi connectivity index (χ3v) is 6.96. The van der Waals surface area contributed by atoms with Crippen LogP contribution in [-0.2, 0) is 4.79 Å². The molecule has 0 radical (unpaired) electrons. The lowest BCUT2D eigenvalue weighted by Crippen LogP contribution is -2.22. The third-order valence-electron chi connectivity index (χ3n) is 6.61. The van der Waals surface area contributed by atoms with Gasteiger partial charge < -0.3 is 19.3 Å². The second-order valence-electron chi connectivity index (χ2n) is 10.6. The molecule has 0 aliphatic rings. The van der Waals surface area contributed by atoms with E-state index in [0.29, 0.717) is 12.2 Å². The van der Waals surface area contributed by atoms with Crippen LogP contribution in [-0.4, -0.2) is 29.0 Å². The fraction of sp³-hybridized carbons (Fsp3) is 0.412. The van der Waals surface area contributed by atoms with Crippen LogP contribution in [0.5, 0.6) is 23.0 Å². The molecule has 0 unspecified atom stereocenters. The summed E-state index contributed by atoms with van der Waals surface area (Å²) in [6.45, 7) is 6.85. The van der Waals surface area contributed by atoms with Gasteiger partial charge in [0.15, 0.2) is 11.5 Å². The Labute approximate surface area is 248 Å². The maximum Gasteiger partial charge on any atom is 0.343 e. The molecular weight excluding hydrogens is 540 g/mol. The topological polar surface area (TPSA) is 82.1 Å². The van der Waals surface area contributed by atoms with Crippen LogP contribution >= 0.6 is 11.6 Å². The summed E-state index contributed by atoms with van der Waals surface area (Å²) in [7, 11) is 0. The van der Waals surface area contributed by atoms with Crippen molar-refractivity contribution in [1.82, 2.24) is 0 Å². The summed E-state index contributed by atoms with van der Waals surface area (Å²) in [5, 5.41) is 9.45. The number of carbonyl (C=O) groups is 2. The first-order chi connectivity index (χ1) is 19.8. The lowest BCUT2D eigenvalue weighted by molar-refractivity contribution is -0.134. The molecule has 7 heteroatoms. The van der Waals surface area contributed by atoms with E-state index in [1.54, 1.807) is 12.1 Å². The summed E-state index contributed by atoms with van der Waals surface area (Å²) < 4.78 is 16.5. The molecule has 0 fully saturated rings. The molecule has 1 atom stereocenters. The second kappa shape index (κ2) is 16.7. The molecule has 1 N–H and O–H groups in total. The number of unbranched alkanes of at least 4 members (excludes halogenated alkanes) is 6. The molecule has 0 saturated carbocycles. The summed E-state index contributed by atoms with van der Waals surface area (Å²) in [5.41, 5.74) is 2.11. The third kappa shape index (κ3) is 10.8. The van der Waals surface area contributed by atoms with Crippen molar-refractivity contribution in [2.75, 3.05) is 6.61 Å². The van der Waals surface area contributed by atoms with Crippen molar-refractivity contribution in [1.29, 1.82) is 0 Å². The van der Waals surface area contributed by atoms with Crippen LogP contribution < -0.4 is 14.2 Å². The number of rotatable bonds is 16. The number of hydrogen-bond acceptors (Lipinski definition) is 6. The molecular formula is C34H41ClO6. The van der Waals surface area contributed by atoms with Gasteiger partial charge in [-0.2, -0.15) is 0 Å². The maximum absolute atomic E-state index is 12.6. The van der Waals surface area contributed by atoms with Gasteiger partial charge in [-0.3, -0.25) is 4.79 Å². The fourth-order valence-corrected chi connectivity index (χ4v) is 4.69. The highest BCUT2D eigenvalue weighted by atomic mass is 35.5. The highest BCUT2D eigenvalue weighted by molar-refractivity contribution is 6.30. The summed E-state index contributed by atoms with van der Waals surface area (Å²) in [6, 6.07) is 19.1. The van der Waals surface area contributed by atoms with Crippen LogP contribution in [0.25, 0.3) is 11.1 Å². The molecule has 0 aliphatic carbocycles. The number of carbonyl (C=O) groups excluding carboxylic acids is 2. The Morgan fingerprint density at radius 3 is 1.95 bits per heavy atom. The van der Waals surface area contributed by atoms with Crippen molar-refractivity contribution in [3.8, 4) is 34.1 Å². The average Bonchev–Trinajstić information content (AvgIpc) is 2.96. The minimum atomic E-state index is -0.826. The second-order valence-corrected chi connectivity index (χ2v) is 11.1. The number of alkyl halides is 1. The molecule has 3 aromatic rings. The van der Waals surface area contributed by atoms with Gasteiger partial charge in [-0.05, 0) is 72.4 Å². The van der Waals surface area contributed by atoms with Gasteiger partial charge >= 0.3 is 11.9 Å². The fourth-order valence-electron chi connectivity index (χ4n) is 4.29. The van der Waals surface area contributed by atoms with E-state index in [-0.39, 0.29) is 23.0 Å². The molecule has 220 valence electrons. The van der Waals surface area contributed by atoms with Crippen molar-refractivity contribution in [2.45, 2.75) is 77.5 Å². The van der Waals surface area contributed by atoms with Crippen molar-refractivity contribution in [2.24, 2.45) is 5.92 Å². The first-order valence-electron chi connectivity index (χ1n) is 14.5. The molecule has 6 nitrogen and oxygen atoms in total. The van der Waals surface area contributed by atoms with Crippen LogP contribution in [0.4, 0.5) is 0 Å². The standard InChI is InChI=1S/C34H41ClO6/c1-4-5-6-7-8-9-10-21-39-28-16-11-25(12-17-28)26-13-18-29(19-14-26)40-33(37)27-15-20-32(31(36)23-27)41-34(38)30(35)22-24(2)3/h11-20,23-24,30,36H,4-10,21-22H2,1-3H3/t30-/m0/s1. The largest absolute Gasteiger partial charge is 0.504 e. The monoisotopic (exact) mass is 580 g/mol. The molecule has 0 amide bonds. The minimum absolute atomic E-state index is 0.0699. The number of aromatic hydroxyl groups is 1. The van der Waals surface area contributed by atoms with E-state index in [1.807, 2.05) is 50.2 Å². The SMILES string of the molecule is CCCCCCCCCOc1ccc(-c2ccc(OC(=O)c3ccc(OC(=O)[C@@H](Cl)CC(C)C)c(O)c3)cc2)cc1. The van der Waals surface area contributed by atoms with Crippen LogP contribution in [0.1, 0.15) is 82.5 Å². The highest BCUT2D eigenvalue weighted by Crippen LogP contribution is 2.29. The summed E-state index contributed by atoms with van der Waals surface area (Å²) in [5.74, 6) is -0.296. The van der Waals surface area contributed by atoms with Crippen LogP contribution in [0, 0.1) is 5.92 Å². The minimum Gasteiger partial charge on any atom is -0.504 e. The smallest absolute Gasteiger partial charge is 0.343 e. The Kier molecular flexibility index (Phi) is 13.0. The van der Waals surface area contributed by atoms with Crippen molar-refractivity contribution in [3.05, 3.63) is 72.3 Å². The zero-order chi connectivity index (χ0) is 29.6. The molecule has 0 aliphatic heterocycles. The number of halogens is 1. The first kappa shape index (κ1) is 32.0. The van der Waals surface area contributed by atoms with E-state index in [0.717, 1.165) is 29.9 Å². The molecule has 0 spiro atoms. The number of benzene rings is 3. The van der Waals surface area contributed by atoms with E-state index in [4.69, 9.17) is 25.8 Å². The summed E-state index contributed by atoms with van der Waals surface area (Å²) in [4.78, 5) is 24.8. The molecule has 0 heterocycles. The Morgan fingerprint density at radius 2 is 1.37 bits per heavy atom. The number of esters is 2. The normalized spacial score (nSPS) is 11.7. The molecule has 0 saturated heterocycles. The number of phenols is 1. The summed E-state index contributed by atoms with van der Waals surface area (Å²) >= 11 is 6.06. The van der Waals surface area contributed by atoms with Gasteiger partial charge in [0, 0.05) is 0 Å². The molecule has 0 aromatic heterocycles. The van der Waals surface area contributed by atoms with Gasteiger partial charge in [-0.15, -0.1) is 11.6 Å². The molecule has 0 bridgehead atoms. The maximum atomic E-state index is 12.6. The Balaban J connectivity index is 1.48. The summed E-state index contributed by atoms with van der Waals surface area (Å²) in [6.07, 6.45) is 9.23. The molecule has 41 heavy (non-hydrogen) atoms. The number of ether oxygens (including phenoxy) is 3. The molecule has 3 aromatic carbocycles. The lowest BCUT2D eigenvalue weighted by Gasteiger charge is -2.13. The van der Waals surface area contributed by atoms with Gasteiger partial charge in [-0.25, -0.2) is 4.79 Å². The Morgan fingerprint density at radius 1 is 0.780 bits per heavy atom. The van der Waals surface area contributed by atoms with E-state index in [2.05, 4.69) is 6.92 Å². The van der Waals surface area contributed by atoms with Gasteiger partial charge in [-0.1, -0.05) is 83.6 Å². The predicted octanol–water partition coefficient (Wildman–Crippen LogP) is 8.97. The van der Waals surface area contributed by atoms with Gasteiger partial charge in [0.1, 0.15) is 16.9 Å². The number of phenolic OH excluding ortho intramolecular Hbond substituents is 1. The van der Waals surface area contributed by atoms with Gasteiger partial charge in [0.05, 0.1) is 12.2 Å². The van der Waals surface area contributed by atoms with Gasteiger partial charge in [0.25, 0.3) is 0 Å². The first-order valence-corrected chi connectivity index (χ1v) is 14.9. The van der Waals surface area contributed by atoms with Gasteiger partial charge in [0.2, 0.25) is 0 Å². The quantitative estimate of drug-likeness (QED) is 0.0788. The van der Waals surface area contributed by atoms with E-state index in [1.165, 1.54) is 56.7 Å². The van der Waals surface area contributed by atoms with Crippen LogP contribution in [0.2, 0.25) is 0 Å². The van der Waals surface area contributed by atoms with E-state index < -0.39 is 17.3 Å². The van der Waals surface area contributed by atoms with E-state index in [9.17, 15) is 14.7 Å². The highest BCUT2D eigenvalue weighted by Gasteiger charge is 2.21. The Hall–Kier alpha value is -3.51. The molecule has 3 rings (SSSR count). The van der Waals surface area contributed by atoms with Crippen LogP contribution in [0.15, 0.2) is 66.7 Å². The average molecular weight is 581 g/mol. The van der Waals surface area contributed by atoms with E-state index >= 15 is 0 Å². The Bertz CT molecular complexity index is 1240.